The summed E-state index contributed by atoms with van der Waals surface area (Å²) in [6.45, 7) is 7.89. The molecule has 6 heteroatoms. The van der Waals surface area contributed by atoms with Crippen molar-refractivity contribution < 1.29 is 23.8 Å². The fraction of sp³-hybridized carbons (Fsp3) is 0.333. The van der Waals surface area contributed by atoms with Gasteiger partial charge in [0.1, 0.15) is 17.6 Å². The van der Waals surface area contributed by atoms with Crippen LogP contribution in [0, 0.1) is 13.8 Å². The summed E-state index contributed by atoms with van der Waals surface area (Å²) in [5.74, 6) is 0.491. The van der Waals surface area contributed by atoms with Crippen molar-refractivity contribution in [1.82, 2.24) is 0 Å². The van der Waals surface area contributed by atoms with Crippen LogP contribution in [-0.2, 0) is 20.7 Å². The van der Waals surface area contributed by atoms with E-state index in [1.54, 1.807) is 6.08 Å². The Morgan fingerprint density at radius 2 is 1.97 bits per heavy atom. The number of fused-ring (bicyclic) bond motifs is 1. The minimum absolute atomic E-state index is 0.120. The Morgan fingerprint density at radius 1 is 1.23 bits per heavy atom. The van der Waals surface area contributed by atoms with Gasteiger partial charge in [-0.15, -0.1) is 0 Å². The summed E-state index contributed by atoms with van der Waals surface area (Å²) >= 11 is 0. The largest absolute Gasteiger partial charge is 0.493 e. The van der Waals surface area contributed by atoms with Crippen LogP contribution in [-0.4, -0.2) is 31.2 Å². The number of aryl methyl sites for hydroxylation is 2. The van der Waals surface area contributed by atoms with Crippen LogP contribution in [0.5, 0.6) is 11.5 Å². The molecule has 0 saturated heterocycles. The molecule has 0 aliphatic carbocycles. The van der Waals surface area contributed by atoms with Crippen LogP contribution in [0.25, 0.3) is 6.08 Å². The molecule has 0 radical (unpaired) electrons. The van der Waals surface area contributed by atoms with Gasteiger partial charge in [-0.2, -0.15) is 0 Å². The van der Waals surface area contributed by atoms with Crippen molar-refractivity contribution in [1.29, 1.82) is 0 Å². The number of amides is 1. The number of anilines is 1. The van der Waals surface area contributed by atoms with E-state index < -0.39 is 5.97 Å². The second-order valence-corrected chi connectivity index (χ2v) is 7.32. The number of ether oxygens (including phenoxy) is 3. The lowest BCUT2D eigenvalue weighted by Crippen LogP contribution is -2.21. The van der Waals surface area contributed by atoms with E-state index in [0.717, 1.165) is 40.1 Å². The van der Waals surface area contributed by atoms with Crippen molar-refractivity contribution in [2.24, 2.45) is 0 Å². The Kier molecular flexibility index (Phi) is 6.77. The molecule has 0 unspecified atom stereocenters. The smallest absolute Gasteiger partial charge is 0.331 e. The Bertz CT molecular complexity index is 960. The zero-order valence-corrected chi connectivity index (χ0v) is 17.8. The zero-order chi connectivity index (χ0) is 21.7. The molecule has 3 rings (SSSR count). The normalized spacial score (nSPS) is 14.9. The minimum Gasteiger partial charge on any atom is -0.493 e. The topological polar surface area (TPSA) is 73.9 Å². The van der Waals surface area contributed by atoms with Crippen LogP contribution < -0.4 is 14.8 Å². The maximum Gasteiger partial charge on any atom is 0.331 e. The monoisotopic (exact) mass is 409 g/mol. The molecule has 2 aromatic rings. The average Bonchev–Trinajstić information content (AvgIpc) is 3.06. The predicted molar refractivity (Wildman–Crippen MR) is 116 cm³/mol. The second kappa shape index (κ2) is 9.48. The Hall–Kier alpha value is -3.28. The van der Waals surface area contributed by atoms with Gasteiger partial charge >= 0.3 is 5.97 Å². The summed E-state index contributed by atoms with van der Waals surface area (Å²) in [7, 11) is 0. The van der Waals surface area contributed by atoms with Crippen LogP contribution in [0.1, 0.15) is 36.1 Å². The molecule has 158 valence electrons. The summed E-state index contributed by atoms with van der Waals surface area (Å²) in [6, 6.07) is 9.56. The lowest BCUT2D eigenvalue weighted by atomic mass is 10.1. The molecule has 1 aliphatic heterocycles. The quantitative estimate of drug-likeness (QED) is 0.547. The highest BCUT2D eigenvalue weighted by Crippen LogP contribution is 2.35. The Morgan fingerprint density at radius 3 is 2.67 bits per heavy atom. The van der Waals surface area contributed by atoms with Gasteiger partial charge in [0.2, 0.25) is 0 Å². The van der Waals surface area contributed by atoms with E-state index in [2.05, 4.69) is 5.32 Å². The first kappa shape index (κ1) is 21.4. The highest BCUT2D eigenvalue weighted by molar-refractivity contribution is 5.95. The van der Waals surface area contributed by atoms with E-state index in [0.29, 0.717) is 12.4 Å². The van der Waals surface area contributed by atoms with Gasteiger partial charge in [-0.25, -0.2) is 4.79 Å². The summed E-state index contributed by atoms with van der Waals surface area (Å²) in [4.78, 5) is 24.2. The molecular weight excluding hydrogens is 382 g/mol. The lowest BCUT2D eigenvalue weighted by Gasteiger charge is -2.11. The van der Waals surface area contributed by atoms with Crippen LogP contribution in [0.15, 0.2) is 36.4 Å². The van der Waals surface area contributed by atoms with E-state index in [4.69, 9.17) is 14.2 Å². The standard InChI is InChI=1S/C24H27NO5/c1-5-28-20-13-19-11-17(4)30-21(19)12-18(20)9-10-23(27)29-14-22(26)25-24-15(2)7-6-8-16(24)3/h6-10,12-13,17H,5,11,14H2,1-4H3,(H,25,26)/b10-9+/t17-/m1/s1. The van der Waals surface area contributed by atoms with Crippen molar-refractivity contribution in [2.45, 2.75) is 40.2 Å². The van der Waals surface area contributed by atoms with Gasteiger partial charge in [-0.3, -0.25) is 4.79 Å². The summed E-state index contributed by atoms with van der Waals surface area (Å²) in [5, 5.41) is 2.79. The third-order valence-corrected chi connectivity index (χ3v) is 4.82. The number of esters is 1. The zero-order valence-electron chi connectivity index (χ0n) is 17.8. The van der Waals surface area contributed by atoms with Crippen LogP contribution in [0.3, 0.4) is 0 Å². The minimum atomic E-state index is -0.608. The molecule has 30 heavy (non-hydrogen) atoms. The number of para-hydroxylation sites is 1. The SMILES string of the molecule is CCOc1cc2c(cc1/C=C/C(=O)OCC(=O)Nc1c(C)cccc1C)O[C@H](C)C2. The third kappa shape index (κ3) is 5.20. The molecule has 1 N–H and O–H groups in total. The van der Waals surface area contributed by atoms with Gasteiger partial charge in [-0.1, -0.05) is 18.2 Å². The van der Waals surface area contributed by atoms with Crippen molar-refractivity contribution in [3.63, 3.8) is 0 Å². The molecular formula is C24H27NO5. The first-order valence-corrected chi connectivity index (χ1v) is 10.0. The predicted octanol–water partition coefficient (Wildman–Crippen LogP) is 4.22. The van der Waals surface area contributed by atoms with E-state index in [1.807, 2.05) is 58.0 Å². The number of carbonyl (C=O) groups is 2. The maximum atomic E-state index is 12.1. The highest BCUT2D eigenvalue weighted by atomic mass is 16.5. The Labute approximate surface area is 176 Å². The van der Waals surface area contributed by atoms with Gasteiger partial charge in [0.05, 0.1) is 6.61 Å². The number of hydrogen-bond donors (Lipinski definition) is 1. The van der Waals surface area contributed by atoms with Crippen molar-refractivity contribution in [2.75, 3.05) is 18.5 Å². The van der Waals surface area contributed by atoms with E-state index >= 15 is 0 Å². The molecule has 0 aromatic heterocycles. The maximum absolute atomic E-state index is 12.1. The molecule has 0 saturated carbocycles. The fourth-order valence-corrected chi connectivity index (χ4v) is 3.40. The van der Waals surface area contributed by atoms with E-state index in [9.17, 15) is 9.59 Å². The van der Waals surface area contributed by atoms with E-state index in [1.165, 1.54) is 6.08 Å². The molecule has 1 aliphatic rings. The van der Waals surface area contributed by atoms with Crippen LogP contribution in [0.2, 0.25) is 0 Å². The molecule has 0 bridgehead atoms. The first-order valence-electron chi connectivity index (χ1n) is 10.0. The average molecular weight is 409 g/mol. The second-order valence-electron chi connectivity index (χ2n) is 7.32. The molecule has 0 fully saturated rings. The number of nitrogens with one attached hydrogen (secondary N) is 1. The lowest BCUT2D eigenvalue weighted by molar-refractivity contribution is -0.142. The van der Waals surface area contributed by atoms with Gasteiger partial charge in [0, 0.05) is 29.3 Å². The van der Waals surface area contributed by atoms with Gasteiger partial charge in [0.25, 0.3) is 5.91 Å². The van der Waals surface area contributed by atoms with Gasteiger partial charge in [0.15, 0.2) is 6.61 Å². The molecule has 0 spiro atoms. The number of rotatable bonds is 7. The third-order valence-electron chi connectivity index (χ3n) is 4.82. The van der Waals surface area contributed by atoms with Gasteiger partial charge < -0.3 is 19.5 Å². The number of benzene rings is 2. The molecule has 2 aromatic carbocycles. The molecule has 1 atom stereocenters. The first-order chi connectivity index (χ1) is 14.4. The van der Waals surface area contributed by atoms with E-state index in [-0.39, 0.29) is 18.6 Å². The number of hydrogen-bond acceptors (Lipinski definition) is 5. The molecule has 1 amide bonds. The summed E-state index contributed by atoms with van der Waals surface area (Å²) in [6.07, 6.45) is 3.85. The highest BCUT2D eigenvalue weighted by Gasteiger charge is 2.21. The molecule has 1 heterocycles. The Balaban J connectivity index is 1.61. The van der Waals surface area contributed by atoms with Crippen LogP contribution >= 0.6 is 0 Å². The molecule has 6 nitrogen and oxygen atoms in total. The van der Waals surface area contributed by atoms with Crippen molar-refractivity contribution in [3.05, 3.63) is 58.7 Å². The van der Waals surface area contributed by atoms with Gasteiger partial charge in [-0.05, 0) is 57.0 Å². The van der Waals surface area contributed by atoms with Crippen molar-refractivity contribution >= 4 is 23.6 Å². The van der Waals surface area contributed by atoms with Crippen LogP contribution in [0.4, 0.5) is 5.69 Å². The summed E-state index contributed by atoms with van der Waals surface area (Å²) in [5.41, 5.74) is 4.45. The fourth-order valence-electron chi connectivity index (χ4n) is 3.40. The van der Waals surface area contributed by atoms with Crippen molar-refractivity contribution in [3.8, 4) is 11.5 Å². The number of carbonyl (C=O) groups excluding carboxylic acids is 2. The summed E-state index contributed by atoms with van der Waals surface area (Å²) < 4.78 is 16.6.